The number of benzene rings is 3. The molecule has 6 nitrogen and oxygen atoms in total. The second-order valence-corrected chi connectivity index (χ2v) is 11.4. The number of pyridine rings is 1. The predicted molar refractivity (Wildman–Crippen MR) is 166 cm³/mol. The van der Waals surface area contributed by atoms with Crippen molar-refractivity contribution in [2.75, 3.05) is 26.2 Å². The van der Waals surface area contributed by atoms with E-state index in [9.17, 15) is 4.79 Å². The van der Waals surface area contributed by atoms with Crippen LogP contribution in [-0.2, 0) is 7.05 Å². The third-order valence-corrected chi connectivity index (χ3v) is 8.29. The summed E-state index contributed by atoms with van der Waals surface area (Å²) in [6, 6.07) is 23.8. The first-order chi connectivity index (χ1) is 20.0. The van der Waals surface area contributed by atoms with Gasteiger partial charge in [0.25, 0.3) is 5.91 Å². The molecule has 41 heavy (non-hydrogen) atoms. The van der Waals surface area contributed by atoms with Crippen LogP contribution in [0.25, 0.3) is 22.0 Å². The standard InChI is InChI=1S/C33H31Cl2N5O/c1-39-21-36-20-31(39)32(22-7-10-25(34)11-8-22)24-9-12-29-28(18-24)27(23-5-4-6-26(35)17-23)19-30(38-29)33(41)37-13-16-40-14-2-3-15-40/h4-12,17-21,32H,2-3,13-16H2,1H3,(H,37,41). The normalized spacial score (nSPS) is 14.4. The van der Waals surface area contributed by atoms with E-state index in [1.54, 1.807) is 0 Å². The van der Waals surface area contributed by atoms with Crippen molar-refractivity contribution >= 4 is 40.0 Å². The van der Waals surface area contributed by atoms with Gasteiger partial charge in [0.1, 0.15) is 5.69 Å². The van der Waals surface area contributed by atoms with Crippen molar-refractivity contribution in [3.05, 3.63) is 118 Å². The maximum atomic E-state index is 13.3. The number of fused-ring (bicyclic) bond motifs is 1. The molecule has 8 heteroatoms. The molecular formula is C33H31Cl2N5O. The summed E-state index contributed by atoms with van der Waals surface area (Å²) in [5.41, 5.74) is 6.21. The molecule has 1 amide bonds. The molecule has 0 spiro atoms. The molecule has 1 unspecified atom stereocenters. The summed E-state index contributed by atoms with van der Waals surface area (Å²) >= 11 is 12.6. The average molecular weight is 585 g/mol. The van der Waals surface area contributed by atoms with Gasteiger partial charge >= 0.3 is 0 Å². The van der Waals surface area contributed by atoms with Gasteiger partial charge in [-0.3, -0.25) is 4.79 Å². The van der Waals surface area contributed by atoms with Crippen molar-refractivity contribution in [2.24, 2.45) is 7.05 Å². The molecular weight excluding hydrogens is 553 g/mol. The minimum atomic E-state index is -0.174. The summed E-state index contributed by atoms with van der Waals surface area (Å²) in [6.07, 6.45) is 6.16. The summed E-state index contributed by atoms with van der Waals surface area (Å²) in [5, 5.41) is 5.34. The highest BCUT2D eigenvalue weighted by molar-refractivity contribution is 6.31. The largest absolute Gasteiger partial charge is 0.349 e. The summed E-state index contributed by atoms with van der Waals surface area (Å²) in [6.45, 7) is 3.64. The number of aryl methyl sites for hydroxylation is 1. The van der Waals surface area contributed by atoms with E-state index >= 15 is 0 Å². The number of halogens is 2. The topological polar surface area (TPSA) is 63.1 Å². The molecule has 0 aliphatic carbocycles. The molecule has 2 aromatic heterocycles. The van der Waals surface area contributed by atoms with Gasteiger partial charge in [-0.15, -0.1) is 0 Å². The Hall–Kier alpha value is -3.71. The molecule has 3 heterocycles. The first-order valence-electron chi connectivity index (χ1n) is 13.9. The number of nitrogens with zero attached hydrogens (tertiary/aromatic N) is 4. The maximum absolute atomic E-state index is 13.3. The zero-order chi connectivity index (χ0) is 28.3. The highest BCUT2D eigenvalue weighted by Gasteiger charge is 2.22. The van der Waals surface area contributed by atoms with E-state index in [2.05, 4.69) is 39.5 Å². The third-order valence-electron chi connectivity index (χ3n) is 7.80. The van der Waals surface area contributed by atoms with Gasteiger partial charge in [-0.2, -0.15) is 0 Å². The number of hydrogen-bond acceptors (Lipinski definition) is 4. The van der Waals surface area contributed by atoms with E-state index in [1.807, 2.05) is 72.7 Å². The fourth-order valence-corrected chi connectivity index (χ4v) is 6.01. The minimum Gasteiger partial charge on any atom is -0.349 e. The molecule has 1 N–H and O–H groups in total. The Morgan fingerprint density at radius 1 is 0.951 bits per heavy atom. The molecule has 0 radical (unpaired) electrons. The Morgan fingerprint density at radius 2 is 1.73 bits per heavy atom. The van der Waals surface area contributed by atoms with Crippen LogP contribution in [0, 0.1) is 0 Å². The van der Waals surface area contributed by atoms with Gasteiger partial charge in [-0.25, -0.2) is 9.97 Å². The van der Waals surface area contributed by atoms with Crippen LogP contribution in [0.1, 0.15) is 46.1 Å². The van der Waals surface area contributed by atoms with E-state index in [4.69, 9.17) is 28.2 Å². The zero-order valence-corrected chi connectivity index (χ0v) is 24.4. The number of imidazole rings is 1. The van der Waals surface area contributed by atoms with E-state index in [-0.39, 0.29) is 11.8 Å². The second-order valence-electron chi connectivity index (χ2n) is 10.6. The van der Waals surface area contributed by atoms with E-state index < -0.39 is 0 Å². The van der Waals surface area contributed by atoms with Gasteiger partial charge in [-0.1, -0.05) is 53.5 Å². The van der Waals surface area contributed by atoms with Crippen LogP contribution in [0.4, 0.5) is 0 Å². The van der Waals surface area contributed by atoms with Gasteiger partial charge < -0.3 is 14.8 Å². The zero-order valence-electron chi connectivity index (χ0n) is 22.9. The van der Waals surface area contributed by atoms with Gasteiger partial charge in [0.15, 0.2) is 0 Å². The number of rotatable bonds is 8. The molecule has 1 atom stereocenters. The maximum Gasteiger partial charge on any atom is 0.269 e. The molecule has 5 aromatic rings. The molecule has 1 fully saturated rings. The number of carbonyl (C=O) groups is 1. The van der Waals surface area contributed by atoms with Crippen molar-refractivity contribution in [2.45, 2.75) is 18.8 Å². The van der Waals surface area contributed by atoms with Crippen molar-refractivity contribution in [1.82, 2.24) is 24.8 Å². The summed E-state index contributed by atoms with van der Waals surface area (Å²) in [4.78, 5) is 24.8. The lowest BCUT2D eigenvalue weighted by Gasteiger charge is -2.20. The molecule has 3 aromatic carbocycles. The molecule has 208 valence electrons. The Balaban J connectivity index is 1.43. The van der Waals surface area contributed by atoms with Crippen molar-refractivity contribution < 1.29 is 4.79 Å². The lowest BCUT2D eigenvalue weighted by atomic mass is 9.87. The lowest BCUT2D eigenvalue weighted by molar-refractivity contribution is 0.0945. The highest BCUT2D eigenvalue weighted by Crippen LogP contribution is 2.37. The number of aromatic nitrogens is 3. The van der Waals surface area contributed by atoms with E-state index in [0.717, 1.165) is 58.5 Å². The Labute approximate surface area is 249 Å². The lowest BCUT2D eigenvalue weighted by Crippen LogP contribution is -2.33. The summed E-state index contributed by atoms with van der Waals surface area (Å²) in [5.74, 6) is -0.252. The van der Waals surface area contributed by atoms with Crippen molar-refractivity contribution in [1.29, 1.82) is 0 Å². The van der Waals surface area contributed by atoms with Gasteiger partial charge in [0.2, 0.25) is 0 Å². The molecule has 6 rings (SSSR count). The van der Waals surface area contributed by atoms with E-state index in [0.29, 0.717) is 22.3 Å². The number of nitrogens with one attached hydrogen (secondary N) is 1. The van der Waals surface area contributed by atoms with Crippen LogP contribution in [0.3, 0.4) is 0 Å². The van der Waals surface area contributed by atoms with Crippen LogP contribution in [0.5, 0.6) is 0 Å². The molecule has 1 aliphatic heterocycles. The smallest absolute Gasteiger partial charge is 0.269 e. The second kappa shape index (κ2) is 12.0. The van der Waals surface area contributed by atoms with Crippen molar-refractivity contribution in [3.63, 3.8) is 0 Å². The first-order valence-corrected chi connectivity index (χ1v) is 14.6. The van der Waals surface area contributed by atoms with Crippen LogP contribution in [-0.4, -0.2) is 51.5 Å². The molecule has 1 saturated heterocycles. The van der Waals surface area contributed by atoms with E-state index in [1.165, 1.54) is 12.8 Å². The Kier molecular flexibility index (Phi) is 8.06. The third kappa shape index (κ3) is 6.01. The van der Waals surface area contributed by atoms with Gasteiger partial charge in [0.05, 0.1) is 17.8 Å². The monoisotopic (exact) mass is 583 g/mol. The summed E-state index contributed by atoms with van der Waals surface area (Å²) < 4.78 is 2.04. The van der Waals surface area contributed by atoms with Gasteiger partial charge in [0, 0.05) is 47.5 Å². The van der Waals surface area contributed by atoms with Crippen LogP contribution in [0.15, 0.2) is 85.3 Å². The van der Waals surface area contributed by atoms with Crippen LogP contribution in [0.2, 0.25) is 10.0 Å². The predicted octanol–water partition coefficient (Wildman–Crippen LogP) is 6.95. The fourth-order valence-electron chi connectivity index (χ4n) is 5.69. The van der Waals surface area contributed by atoms with Crippen LogP contribution < -0.4 is 5.32 Å². The number of carbonyl (C=O) groups excluding carboxylic acids is 1. The SMILES string of the molecule is Cn1cncc1C(c1ccc(Cl)cc1)c1ccc2nc(C(=O)NCCN3CCCC3)cc(-c3cccc(Cl)c3)c2c1. The quantitative estimate of drug-likeness (QED) is 0.215. The average Bonchev–Trinajstić information content (AvgIpc) is 3.65. The summed E-state index contributed by atoms with van der Waals surface area (Å²) in [7, 11) is 2.00. The Bertz CT molecular complexity index is 1690. The molecule has 1 aliphatic rings. The highest BCUT2D eigenvalue weighted by atomic mass is 35.5. The molecule has 0 saturated carbocycles. The van der Waals surface area contributed by atoms with Crippen LogP contribution >= 0.6 is 23.2 Å². The minimum absolute atomic E-state index is 0.0788. The number of likely N-dealkylation sites (tertiary alicyclic amines) is 1. The number of amides is 1. The van der Waals surface area contributed by atoms with Gasteiger partial charge in [-0.05, 0) is 90.6 Å². The number of hydrogen-bond donors (Lipinski definition) is 1. The fraction of sp³-hybridized carbons (Fsp3) is 0.242. The Morgan fingerprint density at radius 3 is 2.46 bits per heavy atom. The van der Waals surface area contributed by atoms with Crippen molar-refractivity contribution in [3.8, 4) is 11.1 Å². The first kappa shape index (κ1) is 27.5. The molecule has 0 bridgehead atoms.